The predicted molar refractivity (Wildman–Crippen MR) is 59.4 cm³/mol. The molecule has 0 aliphatic heterocycles. The first-order valence-corrected chi connectivity index (χ1v) is 5.67. The van der Waals surface area contributed by atoms with Crippen LogP contribution in [0.4, 0.5) is 0 Å². The van der Waals surface area contributed by atoms with E-state index in [4.69, 9.17) is 5.11 Å². The molecule has 14 heavy (non-hydrogen) atoms. The van der Waals surface area contributed by atoms with Crippen molar-refractivity contribution < 1.29 is 9.90 Å². The molecule has 0 saturated heterocycles. The highest BCUT2D eigenvalue weighted by Crippen LogP contribution is 2.08. The monoisotopic (exact) mass is 198 g/mol. The fraction of sp³-hybridized carbons (Fsp3) is 0.750. The van der Waals surface area contributed by atoms with Crippen LogP contribution in [-0.4, -0.2) is 11.1 Å². The Balaban J connectivity index is 3.02. The summed E-state index contributed by atoms with van der Waals surface area (Å²) in [7, 11) is 0. The third kappa shape index (κ3) is 11.2. The minimum Gasteiger partial charge on any atom is -0.478 e. The molecule has 2 nitrogen and oxygen atoms in total. The number of allylic oxidation sites excluding steroid dienone is 1. The van der Waals surface area contributed by atoms with Crippen LogP contribution in [0.1, 0.15) is 58.3 Å². The first kappa shape index (κ1) is 13.2. The number of carboxylic acids is 1. The molecule has 0 spiro atoms. The molecule has 0 bridgehead atoms. The molecular formula is C12H22O2. The Hall–Kier alpha value is -0.790. The van der Waals surface area contributed by atoms with E-state index in [-0.39, 0.29) is 0 Å². The van der Waals surface area contributed by atoms with Crippen molar-refractivity contribution in [2.75, 3.05) is 0 Å². The number of unbranched alkanes of at least 4 members (excludes halogenated alkanes) is 7. The summed E-state index contributed by atoms with van der Waals surface area (Å²) in [5, 5.41) is 8.33. The number of hydrogen-bond donors (Lipinski definition) is 1. The summed E-state index contributed by atoms with van der Waals surface area (Å²) in [5.74, 6) is -0.840. The SMILES string of the molecule is CCCCCCCCC/C=C/C(=O)O. The van der Waals surface area contributed by atoms with E-state index in [1.165, 1.54) is 44.6 Å². The third-order valence-electron chi connectivity index (χ3n) is 2.23. The highest BCUT2D eigenvalue weighted by atomic mass is 16.4. The lowest BCUT2D eigenvalue weighted by Crippen LogP contribution is -1.85. The lowest BCUT2D eigenvalue weighted by molar-refractivity contribution is -0.131. The topological polar surface area (TPSA) is 37.3 Å². The van der Waals surface area contributed by atoms with Crippen LogP contribution in [-0.2, 0) is 4.79 Å². The lowest BCUT2D eigenvalue weighted by atomic mass is 10.1. The summed E-state index contributed by atoms with van der Waals surface area (Å²) in [6.45, 7) is 2.22. The van der Waals surface area contributed by atoms with Crippen molar-refractivity contribution in [3.63, 3.8) is 0 Å². The van der Waals surface area contributed by atoms with Crippen LogP contribution in [0.15, 0.2) is 12.2 Å². The molecule has 0 aromatic carbocycles. The molecule has 1 N–H and O–H groups in total. The van der Waals surface area contributed by atoms with Crippen molar-refractivity contribution in [2.45, 2.75) is 58.3 Å². The Kier molecular flexibility index (Phi) is 9.71. The average molecular weight is 198 g/mol. The Labute approximate surface area is 87.0 Å². The number of hydrogen-bond acceptors (Lipinski definition) is 1. The molecular weight excluding hydrogens is 176 g/mol. The minimum absolute atomic E-state index is 0.840. The van der Waals surface area contributed by atoms with E-state index in [0.717, 1.165) is 12.8 Å². The first-order chi connectivity index (χ1) is 6.77. The molecule has 0 rings (SSSR count). The average Bonchev–Trinajstić information content (AvgIpc) is 2.15. The minimum atomic E-state index is -0.840. The van der Waals surface area contributed by atoms with E-state index >= 15 is 0 Å². The number of aliphatic carboxylic acids is 1. The van der Waals surface area contributed by atoms with Crippen LogP contribution in [0.3, 0.4) is 0 Å². The number of carboxylic acid groups (broad SMARTS) is 1. The molecule has 0 aliphatic rings. The van der Waals surface area contributed by atoms with Crippen LogP contribution in [0.5, 0.6) is 0 Å². The van der Waals surface area contributed by atoms with E-state index < -0.39 is 5.97 Å². The second-order valence-corrected chi connectivity index (χ2v) is 3.65. The van der Waals surface area contributed by atoms with Crippen molar-refractivity contribution in [3.8, 4) is 0 Å². The van der Waals surface area contributed by atoms with Gasteiger partial charge < -0.3 is 5.11 Å². The Morgan fingerprint density at radius 2 is 1.64 bits per heavy atom. The van der Waals surface area contributed by atoms with Gasteiger partial charge in [-0.1, -0.05) is 51.5 Å². The maximum absolute atomic E-state index is 10.1. The van der Waals surface area contributed by atoms with Gasteiger partial charge in [0.2, 0.25) is 0 Å². The first-order valence-electron chi connectivity index (χ1n) is 5.67. The maximum Gasteiger partial charge on any atom is 0.327 e. The van der Waals surface area contributed by atoms with Crippen LogP contribution in [0, 0.1) is 0 Å². The second kappa shape index (κ2) is 10.3. The van der Waals surface area contributed by atoms with Gasteiger partial charge in [-0.15, -0.1) is 0 Å². The van der Waals surface area contributed by atoms with Gasteiger partial charge in [0.1, 0.15) is 0 Å². The quantitative estimate of drug-likeness (QED) is 0.452. The summed E-state index contributed by atoms with van der Waals surface area (Å²) < 4.78 is 0. The molecule has 0 radical (unpaired) electrons. The lowest BCUT2D eigenvalue weighted by Gasteiger charge is -1.98. The zero-order valence-corrected chi connectivity index (χ0v) is 9.17. The van der Waals surface area contributed by atoms with E-state index in [1.54, 1.807) is 6.08 Å². The number of rotatable bonds is 9. The van der Waals surface area contributed by atoms with E-state index in [9.17, 15) is 4.79 Å². The van der Waals surface area contributed by atoms with E-state index in [2.05, 4.69) is 6.92 Å². The Morgan fingerprint density at radius 3 is 2.21 bits per heavy atom. The fourth-order valence-corrected chi connectivity index (χ4v) is 1.40. The van der Waals surface area contributed by atoms with Gasteiger partial charge in [0.15, 0.2) is 0 Å². The molecule has 2 heteroatoms. The largest absolute Gasteiger partial charge is 0.478 e. The van der Waals surface area contributed by atoms with Crippen LogP contribution in [0.2, 0.25) is 0 Å². The summed E-state index contributed by atoms with van der Waals surface area (Å²) in [4.78, 5) is 10.1. The summed E-state index contributed by atoms with van der Waals surface area (Å²) in [6, 6.07) is 0. The second-order valence-electron chi connectivity index (χ2n) is 3.65. The fourth-order valence-electron chi connectivity index (χ4n) is 1.40. The van der Waals surface area contributed by atoms with Gasteiger partial charge in [-0.3, -0.25) is 0 Å². The molecule has 0 amide bonds. The molecule has 0 aromatic heterocycles. The van der Waals surface area contributed by atoms with E-state index in [0.29, 0.717) is 0 Å². The van der Waals surface area contributed by atoms with Crippen molar-refractivity contribution in [3.05, 3.63) is 12.2 Å². The van der Waals surface area contributed by atoms with Crippen molar-refractivity contribution >= 4 is 5.97 Å². The Bertz CT molecular complexity index is 162. The molecule has 0 aliphatic carbocycles. The van der Waals surface area contributed by atoms with Gasteiger partial charge in [-0.05, 0) is 12.8 Å². The number of carbonyl (C=O) groups is 1. The third-order valence-corrected chi connectivity index (χ3v) is 2.23. The van der Waals surface area contributed by atoms with Gasteiger partial charge in [0, 0.05) is 6.08 Å². The zero-order valence-electron chi connectivity index (χ0n) is 9.17. The maximum atomic E-state index is 10.1. The molecule has 82 valence electrons. The predicted octanol–water partition coefficient (Wildman–Crippen LogP) is 3.77. The van der Waals surface area contributed by atoms with Crippen LogP contribution >= 0.6 is 0 Å². The smallest absolute Gasteiger partial charge is 0.327 e. The van der Waals surface area contributed by atoms with Crippen molar-refractivity contribution in [1.29, 1.82) is 0 Å². The standard InChI is InChI=1S/C12H22O2/c1-2-3-4-5-6-7-8-9-10-11-12(13)14/h10-11H,2-9H2,1H3,(H,13,14)/b11-10+. The van der Waals surface area contributed by atoms with Crippen molar-refractivity contribution in [2.24, 2.45) is 0 Å². The molecule has 0 unspecified atom stereocenters. The highest BCUT2D eigenvalue weighted by Gasteiger charge is 1.90. The van der Waals surface area contributed by atoms with Gasteiger partial charge in [0.05, 0.1) is 0 Å². The van der Waals surface area contributed by atoms with Crippen LogP contribution < -0.4 is 0 Å². The van der Waals surface area contributed by atoms with E-state index in [1.807, 2.05) is 0 Å². The molecule has 0 aromatic rings. The van der Waals surface area contributed by atoms with Crippen molar-refractivity contribution in [1.82, 2.24) is 0 Å². The normalized spacial score (nSPS) is 10.9. The summed E-state index contributed by atoms with van der Waals surface area (Å²) in [5.41, 5.74) is 0. The highest BCUT2D eigenvalue weighted by molar-refractivity contribution is 5.79. The van der Waals surface area contributed by atoms with Gasteiger partial charge in [-0.25, -0.2) is 4.79 Å². The Morgan fingerprint density at radius 1 is 1.07 bits per heavy atom. The van der Waals surface area contributed by atoms with Gasteiger partial charge in [-0.2, -0.15) is 0 Å². The zero-order chi connectivity index (χ0) is 10.6. The van der Waals surface area contributed by atoms with Gasteiger partial charge in [0.25, 0.3) is 0 Å². The van der Waals surface area contributed by atoms with Crippen LogP contribution in [0.25, 0.3) is 0 Å². The summed E-state index contributed by atoms with van der Waals surface area (Å²) >= 11 is 0. The van der Waals surface area contributed by atoms with Gasteiger partial charge >= 0.3 is 5.97 Å². The summed E-state index contributed by atoms with van der Waals surface area (Å²) in [6.07, 6.45) is 12.8. The molecule has 0 saturated carbocycles. The molecule has 0 atom stereocenters. The molecule has 0 fully saturated rings. The molecule has 0 heterocycles.